The molecule has 1 saturated carbocycles. The molecule has 2 rings (SSSR count). The summed E-state index contributed by atoms with van der Waals surface area (Å²) in [5.74, 6) is -0.601. The fourth-order valence-corrected chi connectivity index (χ4v) is 2.07. The first-order valence-electron chi connectivity index (χ1n) is 4.69. The van der Waals surface area contributed by atoms with Gasteiger partial charge in [-0.25, -0.2) is 0 Å². The van der Waals surface area contributed by atoms with Crippen molar-refractivity contribution >= 4 is 5.97 Å². The van der Waals surface area contributed by atoms with E-state index >= 15 is 0 Å². The van der Waals surface area contributed by atoms with Crippen molar-refractivity contribution in [3.05, 3.63) is 11.6 Å². The van der Waals surface area contributed by atoms with E-state index < -0.39 is 11.4 Å². The van der Waals surface area contributed by atoms with E-state index in [4.69, 9.17) is 5.11 Å². The Morgan fingerprint density at radius 1 is 1.42 bits per heavy atom. The minimum Gasteiger partial charge on any atom is -0.481 e. The molecule has 0 amide bonds. The summed E-state index contributed by atoms with van der Waals surface area (Å²) in [5, 5.41) is 9.02. The molecule has 0 aromatic carbocycles. The van der Waals surface area contributed by atoms with Gasteiger partial charge in [-0.1, -0.05) is 11.6 Å². The van der Waals surface area contributed by atoms with Crippen molar-refractivity contribution in [1.29, 1.82) is 0 Å². The highest BCUT2D eigenvalue weighted by Gasteiger charge is 2.52. The molecule has 2 heteroatoms. The third-order valence-electron chi connectivity index (χ3n) is 3.07. The van der Waals surface area contributed by atoms with Crippen molar-refractivity contribution in [2.75, 3.05) is 0 Å². The van der Waals surface area contributed by atoms with Crippen LogP contribution >= 0.6 is 0 Å². The summed E-state index contributed by atoms with van der Waals surface area (Å²) in [6.07, 6.45) is 8.42. The number of carboxylic acid groups (broad SMARTS) is 1. The highest BCUT2D eigenvalue weighted by atomic mass is 16.4. The molecule has 0 spiro atoms. The van der Waals surface area contributed by atoms with Crippen LogP contribution in [-0.2, 0) is 4.79 Å². The fourth-order valence-electron chi connectivity index (χ4n) is 2.07. The number of allylic oxidation sites excluding steroid dienone is 1. The molecule has 0 aliphatic heterocycles. The standard InChI is InChI=1S/C10H14O2/c11-9(12)10(6-7-10)8-4-2-1-3-5-8/h4H,1-3,5-7H2,(H,11,12). The molecule has 1 N–H and O–H groups in total. The molecule has 2 nitrogen and oxygen atoms in total. The van der Waals surface area contributed by atoms with E-state index in [1.54, 1.807) is 0 Å². The lowest BCUT2D eigenvalue weighted by Crippen LogP contribution is -2.18. The third kappa shape index (κ3) is 1.06. The van der Waals surface area contributed by atoms with Crippen LogP contribution in [0.5, 0.6) is 0 Å². The second-order valence-corrected chi connectivity index (χ2v) is 3.86. The van der Waals surface area contributed by atoms with Gasteiger partial charge in [0, 0.05) is 0 Å². The van der Waals surface area contributed by atoms with E-state index in [1.165, 1.54) is 18.4 Å². The van der Waals surface area contributed by atoms with Crippen LogP contribution < -0.4 is 0 Å². The van der Waals surface area contributed by atoms with E-state index in [9.17, 15) is 4.79 Å². The normalized spacial score (nSPS) is 26.2. The van der Waals surface area contributed by atoms with E-state index in [0.29, 0.717) is 0 Å². The Morgan fingerprint density at radius 2 is 2.17 bits per heavy atom. The summed E-state index contributed by atoms with van der Waals surface area (Å²) in [5.41, 5.74) is 0.807. The molecular formula is C10H14O2. The van der Waals surface area contributed by atoms with Crippen LogP contribution in [0.3, 0.4) is 0 Å². The van der Waals surface area contributed by atoms with Gasteiger partial charge in [0.25, 0.3) is 0 Å². The first-order chi connectivity index (χ1) is 5.76. The Morgan fingerprint density at radius 3 is 2.58 bits per heavy atom. The largest absolute Gasteiger partial charge is 0.481 e. The van der Waals surface area contributed by atoms with Gasteiger partial charge in [0.15, 0.2) is 0 Å². The van der Waals surface area contributed by atoms with Gasteiger partial charge in [-0.05, 0) is 38.5 Å². The van der Waals surface area contributed by atoms with Crippen molar-refractivity contribution in [3.63, 3.8) is 0 Å². The molecule has 0 saturated heterocycles. The summed E-state index contributed by atoms with van der Waals surface area (Å²) < 4.78 is 0. The van der Waals surface area contributed by atoms with E-state index in [-0.39, 0.29) is 0 Å². The fraction of sp³-hybridized carbons (Fsp3) is 0.700. The number of hydrogen-bond donors (Lipinski definition) is 1. The van der Waals surface area contributed by atoms with Crippen molar-refractivity contribution in [2.24, 2.45) is 5.41 Å². The summed E-state index contributed by atoms with van der Waals surface area (Å²) in [4.78, 5) is 10.9. The summed E-state index contributed by atoms with van der Waals surface area (Å²) in [6, 6.07) is 0. The molecule has 2 aliphatic carbocycles. The molecule has 0 unspecified atom stereocenters. The molecular weight excluding hydrogens is 152 g/mol. The van der Waals surface area contributed by atoms with Crippen molar-refractivity contribution in [3.8, 4) is 0 Å². The Kier molecular flexibility index (Phi) is 1.71. The summed E-state index contributed by atoms with van der Waals surface area (Å²) >= 11 is 0. The first kappa shape index (κ1) is 7.84. The number of hydrogen-bond acceptors (Lipinski definition) is 1. The molecule has 0 heterocycles. The predicted molar refractivity (Wildman–Crippen MR) is 45.9 cm³/mol. The van der Waals surface area contributed by atoms with Gasteiger partial charge in [0.05, 0.1) is 5.41 Å². The number of carbonyl (C=O) groups is 1. The smallest absolute Gasteiger partial charge is 0.313 e. The maximum atomic E-state index is 10.9. The quantitative estimate of drug-likeness (QED) is 0.639. The Hall–Kier alpha value is -0.790. The highest BCUT2D eigenvalue weighted by molar-refractivity contribution is 5.82. The average Bonchev–Trinajstić information content (AvgIpc) is 2.86. The van der Waals surface area contributed by atoms with Crippen molar-refractivity contribution in [2.45, 2.75) is 38.5 Å². The second kappa shape index (κ2) is 2.61. The van der Waals surface area contributed by atoms with Crippen LogP contribution in [-0.4, -0.2) is 11.1 Å². The topological polar surface area (TPSA) is 37.3 Å². The summed E-state index contributed by atoms with van der Waals surface area (Å²) in [6.45, 7) is 0. The zero-order valence-electron chi connectivity index (χ0n) is 7.18. The summed E-state index contributed by atoms with van der Waals surface area (Å²) in [7, 11) is 0. The van der Waals surface area contributed by atoms with Crippen LogP contribution in [0.25, 0.3) is 0 Å². The number of rotatable bonds is 2. The molecule has 12 heavy (non-hydrogen) atoms. The zero-order chi connectivity index (χ0) is 8.60. The average molecular weight is 166 g/mol. The lowest BCUT2D eigenvalue weighted by atomic mass is 9.87. The molecule has 66 valence electrons. The van der Waals surface area contributed by atoms with Crippen LogP contribution in [0, 0.1) is 5.41 Å². The van der Waals surface area contributed by atoms with E-state index in [1.807, 2.05) is 0 Å². The van der Waals surface area contributed by atoms with Gasteiger partial charge in [-0.3, -0.25) is 4.79 Å². The van der Waals surface area contributed by atoms with Gasteiger partial charge in [-0.2, -0.15) is 0 Å². The lowest BCUT2D eigenvalue weighted by molar-refractivity contribution is -0.141. The maximum Gasteiger partial charge on any atom is 0.313 e. The highest BCUT2D eigenvalue weighted by Crippen LogP contribution is 2.54. The van der Waals surface area contributed by atoms with Crippen molar-refractivity contribution < 1.29 is 9.90 Å². The lowest BCUT2D eigenvalue weighted by Gasteiger charge is -2.18. The van der Waals surface area contributed by atoms with Gasteiger partial charge in [-0.15, -0.1) is 0 Å². The van der Waals surface area contributed by atoms with Gasteiger partial charge >= 0.3 is 5.97 Å². The molecule has 0 atom stereocenters. The van der Waals surface area contributed by atoms with Crippen molar-refractivity contribution in [1.82, 2.24) is 0 Å². The predicted octanol–water partition coefficient (Wildman–Crippen LogP) is 2.35. The minimum absolute atomic E-state index is 0.402. The number of aliphatic carboxylic acids is 1. The first-order valence-corrected chi connectivity index (χ1v) is 4.69. The van der Waals surface area contributed by atoms with Gasteiger partial charge in [0.1, 0.15) is 0 Å². The van der Waals surface area contributed by atoms with E-state index in [2.05, 4.69) is 6.08 Å². The third-order valence-corrected chi connectivity index (χ3v) is 3.07. The SMILES string of the molecule is O=C(O)C1(C2=CCCCC2)CC1. The Labute approximate surface area is 72.3 Å². The molecule has 1 fully saturated rings. The van der Waals surface area contributed by atoms with Crippen LogP contribution in [0.4, 0.5) is 0 Å². The van der Waals surface area contributed by atoms with Gasteiger partial charge < -0.3 is 5.11 Å². The molecule has 2 aliphatic rings. The Balaban J connectivity index is 2.17. The minimum atomic E-state index is -0.601. The Bertz CT molecular complexity index is 236. The van der Waals surface area contributed by atoms with Crippen LogP contribution in [0.1, 0.15) is 38.5 Å². The zero-order valence-corrected chi connectivity index (χ0v) is 7.18. The molecule has 0 aromatic rings. The number of carboxylic acids is 1. The molecule has 0 aromatic heterocycles. The second-order valence-electron chi connectivity index (χ2n) is 3.86. The van der Waals surface area contributed by atoms with E-state index in [0.717, 1.165) is 25.7 Å². The molecule has 0 bridgehead atoms. The maximum absolute atomic E-state index is 10.9. The van der Waals surface area contributed by atoms with Gasteiger partial charge in [0.2, 0.25) is 0 Å². The van der Waals surface area contributed by atoms with Crippen LogP contribution in [0.2, 0.25) is 0 Å². The van der Waals surface area contributed by atoms with Crippen LogP contribution in [0.15, 0.2) is 11.6 Å². The monoisotopic (exact) mass is 166 g/mol. The molecule has 0 radical (unpaired) electrons.